The first-order valence-corrected chi connectivity index (χ1v) is 9.95. The van der Waals surface area contributed by atoms with Crippen molar-refractivity contribution in [2.75, 3.05) is 7.11 Å². The molecule has 6 heteroatoms. The van der Waals surface area contributed by atoms with Gasteiger partial charge in [-0.15, -0.1) is 0 Å². The van der Waals surface area contributed by atoms with E-state index in [2.05, 4.69) is 4.72 Å². The van der Waals surface area contributed by atoms with Crippen LogP contribution in [0.1, 0.15) is 31.2 Å². The topological polar surface area (TPSA) is 64.6 Å². The summed E-state index contributed by atoms with van der Waals surface area (Å²) in [7, 11) is -2.02. The molecular formula is C19H23NO4S. The van der Waals surface area contributed by atoms with Gasteiger partial charge in [-0.3, -0.25) is 0 Å². The number of para-hydroxylation sites is 1. The lowest BCUT2D eigenvalue weighted by Gasteiger charge is -2.14. The second kappa shape index (κ2) is 7.89. The van der Waals surface area contributed by atoms with Crippen molar-refractivity contribution in [2.24, 2.45) is 0 Å². The molecule has 0 spiro atoms. The predicted molar refractivity (Wildman–Crippen MR) is 96.3 cm³/mol. The maximum atomic E-state index is 12.5. The Morgan fingerprint density at radius 2 is 1.72 bits per heavy atom. The van der Waals surface area contributed by atoms with Crippen LogP contribution in [0, 0.1) is 0 Å². The molecule has 2 aromatic carbocycles. The van der Waals surface area contributed by atoms with Crippen molar-refractivity contribution in [1.82, 2.24) is 4.72 Å². The van der Waals surface area contributed by atoms with E-state index in [-0.39, 0.29) is 17.5 Å². The van der Waals surface area contributed by atoms with E-state index in [9.17, 15) is 8.42 Å². The van der Waals surface area contributed by atoms with Crippen LogP contribution in [-0.4, -0.2) is 21.6 Å². The average molecular weight is 361 g/mol. The zero-order valence-corrected chi connectivity index (χ0v) is 15.1. The van der Waals surface area contributed by atoms with E-state index < -0.39 is 10.0 Å². The quantitative estimate of drug-likeness (QED) is 0.820. The van der Waals surface area contributed by atoms with Crippen molar-refractivity contribution >= 4 is 10.0 Å². The lowest BCUT2D eigenvalue weighted by Crippen LogP contribution is -2.23. The summed E-state index contributed by atoms with van der Waals surface area (Å²) in [5.74, 6) is 1.38. The SMILES string of the molecule is COc1ccccc1CNS(=O)(=O)c1ccc(OC2CCCC2)cc1. The Hall–Kier alpha value is -2.05. The van der Waals surface area contributed by atoms with Crippen LogP contribution in [0.15, 0.2) is 53.4 Å². The van der Waals surface area contributed by atoms with Crippen LogP contribution in [-0.2, 0) is 16.6 Å². The third-order valence-corrected chi connectivity index (χ3v) is 5.80. The first-order chi connectivity index (χ1) is 12.1. The normalized spacial score (nSPS) is 15.2. The predicted octanol–water partition coefficient (Wildman–Crippen LogP) is 3.50. The summed E-state index contributed by atoms with van der Waals surface area (Å²) in [4.78, 5) is 0.223. The van der Waals surface area contributed by atoms with Gasteiger partial charge in [0.25, 0.3) is 0 Å². The van der Waals surface area contributed by atoms with Crippen LogP contribution in [0.3, 0.4) is 0 Å². The lowest BCUT2D eigenvalue weighted by molar-refractivity contribution is 0.210. The maximum Gasteiger partial charge on any atom is 0.240 e. The van der Waals surface area contributed by atoms with Gasteiger partial charge in [0.2, 0.25) is 10.0 Å². The van der Waals surface area contributed by atoms with E-state index in [1.807, 2.05) is 18.2 Å². The van der Waals surface area contributed by atoms with Gasteiger partial charge in [0.1, 0.15) is 11.5 Å². The van der Waals surface area contributed by atoms with Gasteiger partial charge in [-0.2, -0.15) is 0 Å². The Morgan fingerprint density at radius 3 is 2.40 bits per heavy atom. The zero-order valence-electron chi connectivity index (χ0n) is 14.3. The Labute approximate surface area is 149 Å². The summed E-state index contributed by atoms with van der Waals surface area (Å²) < 4.78 is 38.7. The smallest absolute Gasteiger partial charge is 0.240 e. The Balaban J connectivity index is 1.65. The number of ether oxygens (including phenoxy) is 2. The molecule has 0 amide bonds. The molecule has 0 aromatic heterocycles. The fourth-order valence-corrected chi connectivity index (χ4v) is 4.01. The Bertz CT molecular complexity index is 796. The van der Waals surface area contributed by atoms with E-state index in [0.717, 1.165) is 24.2 Å². The third-order valence-electron chi connectivity index (χ3n) is 4.38. The first-order valence-electron chi connectivity index (χ1n) is 8.47. The van der Waals surface area contributed by atoms with Gasteiger partial charge < -0.3 is 9.47 Å². The van der Waals surface area contributed by atoms with Crippen molar-refractivity contribution in [1.29, 1.82) is 0 Å². The van der Waals surface area contributed by atoms with Gasteiger partial charge in [-0.25, -0.2) is 13.1 Å². The minimum absolute atomic E-state index is 0.173. The van der Waals surface area contributed by atoms with E-state index in [0.29, 0.717) is 5.75 Å². The second-order valence-corrected chi connectivity index (χ2v) is 7.90. The minimum Gasteiger partial charge on any atom is -0.496 e. The largest absolute Gasteiger partial charge is 0.496 e. The van der Waals surface area contributed by atoms with Crippen LogP contribution in [0.5, 0.6) is 11.5 Å². The standard InChI is InChI=1S/C19H23NO4S/c1-23-19-9-5-2-6-15(19)14-20-25(21,22)18-12-10-17(11-13-18)24-16-7-3-4-8-16/h2,5-6,9-13,16,20H,3-4,7-8,14H2,1H3. The van der Waals surface area contributed by atoms with Gasteiger partial charge in [0.15, 0.2) is 0 Å². The fourth-order valence-electron chi connectivity index (χ4n) is 3.00. The highest BCUT2D eigenvalue weighted by atomic mass is 32.2. The molecule has 0 heterocycles. The molecule has 3 rings (SSSR count). The van der Waals surface area contributed by atoms with Gasteiger partial charge in [-0.05, 0) is 56.0 Å². The molecule has 0 bridgehead atoms. The van der Waals surface area contributed by atoms with Crippen LogP contribution in [0.2, 0.25) is 0 Å². The molecule has 0 aliphatic heterocycles. The summed E-state index contributed by atoms with van der Waals surface area (Å²) >= 11 is 0. The zero-order chi connectivity index (χ0) is 17.7. The molecule has 1 saturated carbocycles. The monoisotopic (exact) mass is 361 g/mol. The molecule has 0 radical (unpaired) electrons. The number of rotatable bonds is 7. The van der Waals surface area contributed by atoms with Crippen LogP contribution in [0.4, 0.5) is 0 Å². The van der Waals surface area contributed by atoms with E-state index >= 15 is 0 Å². The van der Waals surface area contributed by atoms with Gasteiger partial charge in [-0.1, -0.05) is 18.2 Å². The lowest BCUT2D eigenvalue weighted by atomic mass is 10.2. The molecule has 25 heavy (non-hydrogen) atoms. The number of methoxy groups -OCH3 is 1. The van der Waals surface area contributed by atoms with Crippen molar-refractivity contribution in [3.63, 3.8) is 0 Å². The molecule has 1 aliphatic rings. The van der Waals surface area contributed by atoms with E-state index in [1.54, 1.807) is 37.4 Å². The van der Waals surface area contributed by atoms with Crippen LogP contribution >= 0.6 is 0 Å². The molecule has 134 valence electrons. The molecule has 0 unspecified atom stereocenters. The Kier molecular flexibility index (Phi) is 5.60. The molecule has 1 N–H and O–H groups in total. The third kappa shape index (κ3) is 4.52. The summed E-state index contributed by atoms with van der Waals surface area (Å²) in [6, 6.07) is 13.9. The molecule has 0 atom stereocenters. The number of hydrogen-bond donors (Lipinski definition) is 1. The van der Waals surface area contributed by atoms with Crippen LogP contribution < -0.4 is 14.2 Å². The van der Waals surface area contributed by atoms with E-state index in [1.165, 1.54) is 12.8 Å². The second-order valence-electron chi connectivity index (χ2n) is 6.13. The molecular weight excluding hydrogens is 338 g/mol. The molecule has 2 aromatic rings. The van der Waals surface area contributed by atoms with Crippen molar-refractivity contribution in [2.45, 2.75) is 43.2 Å². The molecule has 1 aliphatic carbocycles. The molecule has 5 nitrogen and oxygen atoms in total. The number of hydrogen-bond acceptors (Lipinski definition) is 4. The van der Waals surface area contributed by atoms with Gasteiger partial charge in [0, 0.05) is 12.1 Å². The maximum absolute atomic E-state index is 12.5. The number of benzene rings is 2. The summed E-state index contributed by atoms with van der Waals surface area (Å²) in [5, 5.41) is 0. The molecule has 1 fully saturated rings. The van der Waals surface area contributed by atoms with E-state index in [4.69, 9.17) is 9.47 Å². The highest BCUT2D eigenvalue weighted by molar-refractivity contribution is 7.89. The fraction of sp³-hybridized carbons (Fsp3) is 0.368. The highest BCUT2D eigenvalue weighted by Crippen LogP contribution is 2.25. The van der Waals surface area contributed by atoms with Crippen molar-refractivity contribution in [3.05, 3.63) is 54.1 Å². The highest BCUT2D eigenvalue weighted by Gasteiger charge is 2.18. The Morgan fingerprint density at radius 1 is 1.04 bits per heavy atom. The van der Waals surface area contributed by atoms with Crippen LogP contribution in [0.25, 0.3) is 0 Å². The number of nitrogens with one attached hydrogen (secondary N) is 1. The summed E-state index contributed by atoms with van der Waals surface area (Å²) in [5.41, 5.74) is 0.787. The van der Waals surface area contributed by atoms with Crippen molar-refractivity contribution in [3.8, 4) is 11.5 Å². The molecule has 0 saturated heterocycles. The minimum atomic E-state index is -3.59. The van der Waals surface area contributed by atoms with Crippen molar-refractivity contribution < 1.29 is 17.9 Å². The summed E-state index contributed by atoms with van der Waals surface area (Å²) in [6.45, 7) is 0.173. The number of sulfonamides is 1. The van der Waals surface area contributed by atoms with Gasteiger partial charge in [0.05, 0.1) is 18.1 Å². The first kappa shape index (κ1) is 17.8. The summed E-state index contributed by atoms with van der Waals surface area (Å²) in [6.07, 6.45) is 4.79. The average Bonchev–Trinajstić information content (AvgIpc) is 3.14. The van der Waals surface area contributed by atoms with Gasteiger partial charge >= 0.3 is 0 Å².